The molecule has 0 aliphatic rings. The number of benzene rings is 1. The van der Waals surface area contributed by atoms with E-state index in [0.29, 0.717) is 5.02 Å². The summed E-state index contributed by atoms with van der Waals surface area (Å²) in [5.74, 6) is 0. The molecule has 0 aliphatic heterocycles. The average Bonchev–Trinajstić information content (AvgIpc) is 2.66. The van der Waals surface area contributed by atoms with Crippen molar-refractivity contribution in [2.75, 3.05) is 0 Å². The number of halogens is 1. The van der Waals surface area contributed by atoms with Crippen LogP contribution in [0.1, 0.15) is 18.9 Å². The zero-order valence-electron chi connectivity index (χ0n) is 9.20. The van der Waals surface area contributed by atoms with Crippen molar-refractivity contribution in [3.8, 4) is 11.3 Å². The largest absolute Gasteiger partial charge is 0.320 e. The molecule has 0 amide bonds. The van der Waals surface area contributed by atoms with Crippen LogP contribution < -0.4 is 5.73 Å². The summed E-state index contributed by atoms with van der Waals surface area (Å²) in [6, 6.07) is 7.69. The first-order valence-electron chi connectivity index (χ1n) is 4.98. The van der Waals surface area contributed by atoms with Gasteiger partial charge in [0.05, 0.1) is 11.2 Å². The van der Waals surface area contributed by atoms with Crippen molar-refractivity contribution in [2.24, 2.45) is 5.73 Å². The Morgan fingerprint density at radius 3 is 2.56 bits per heavy atom. The monoisotopic (exact) mass is 252 g/mol. The molecule has 0 bridgehead atoms. The van der Waals surface area contributed by atoms with Gasteiger partial charge in [-0.15, -0.1) is 11.3 Å². The van der Waals surface area contributed by atoms with Crippen LogP contribution in [0.4, 0.5) is 0 Å². The van der Waals surface area contributed by atoms with E-state index in [2.05, 4.69) is 4.98 Å². The van der Waals surface area contributed by atoms with Gasteiger partial charge in [-0.25, -0.2) is 4.98 Å². The predicted molar refractivity (Wildman–Crippen MR) is 69.8 cm³/mol. The summed E-state index contributed by atoms with van der Waals surface area (Å²) in [4.78, 5) is 4.52. The highest BCUT2D eigenvalue weighted by Gasteiger charge is 2.19. The van der Waals surface area contributed by atoms with Gasteiger partial charge in [-0.1, -0.05) is 29.8 Å². The van der Waals surface area contributed by atoms with Gasteiger partial charge in [-0.3, -0.25) is 0 Å². The van der Waals surface area contributed by atoms with E-state index in [-0.39, 0.29) is 0 Å². The van der Waals surface area contributed by atoms with E-state index in [9.17, 15) is 0 Å². The van der Waals surface area contributed by atoms with Gasteiger partial charge in [0.25, 0.3) is 0 Å². The normalized spacial score (nSPS) is 11.8. The van der Waals surface area contributed by atoms with Gasteiger partial charge >= 0.3 is 0 Å². The highest BCUT2D eigenvalue weighted by molar-refractivity contribution is 7.10. The first-order valence-corrected chi connectivity index (χ1v) is 6.24. The van der Waals surface area contributed by atoms with Crippen molar-refractivity contribution in [3.05, 3.63) is 39.7 Å². The first kappa shape index (κ1) is 11.6. The fourth-order valence-electron chi connectivity index (χ4n) is 1.36. The lowest BCUT2D eigenvalue weighted by atomic mass is 10.1. The van der Waals surface area contributed by atoms with Crippen molar-refractivity contribution < 1.29 is 0 Å². The number of nitrogens with zero attached hydrogens (tertiary/aromatic N) is 1. The lowest BCUT2D eigenvalue weighted by Gasteiger charge is -2.13. The maximum Gasteiger partial charge on any atom is 0.113 e. The summed E-state index contributed by atoms with van der Waals surface area (Å²) in [7, 11) is 0. The third-order valence-corrected chi connectivity index (χ3v) is 3.72. The average molecular weight is 253 g/mol. The lowest BCUT2D eigenvalue weighted by Crippen LogP contribution is -2.28. The number of hydrogen-bond acceptors (Lipinski definition) is 3. The smallest absolute Gasteiger partial charge is 0.113 e. The van der Waals surface area contributed by atoms with Crippen LogP contribution in [0.3, 0.4) is 0 Å². The molecule has 0 atom stereocenters. The van der Waals surface area contributed by atoms with Gasteiger partial charge in [-0.05, 0) is 19.9 Å². The Labute approximate surface area is 104 Å². The minimum atomic E-state index is -0.399. The van der Waals surface area contributed by atoms with Gasteiger partial charge in [0.2, 0.25) is 0 Å². The Bertz CT molecular complexity index is 500. The number of thiazole rings is 1. The molecule has 0 unspecified atom stereocenters. The van der Waals surface area contributed by atoms with Crippen molar-refractivity contribution in [1.82, 2.24) is 4.98 Å². The van der Waals surface area contributed by atoms with E-state index in [4.69, 9.17) is 17.3 Å². The maximum absolute atomic E-state index is 6.12. The van der Waals surface area contributed by atoms with E-state index >= 15 is 0 Å². The van der Waals surface area contributed by atoms with E-state index < -0.39 is 5.54 Å². The van der Waals surface area contributed by atoms with Crippen LogP contribution in [0.5, 0.6) is 0 Å². The van der Waals surface area contributed by atoms with Crippen LogP contribution in [-0.4, -0.2) is 4.98 Å². The molecule has 1 aromatic carbocycles. The number of nitrogens with two attached hydrogens (primary N) is 1. The Balaban J connectivity index is 2.44. The Morgan fingerprint density at radius 1 is 1.31 bits per heavy atom. The molecule has 1 aromatic heterocycles. The van der Waals surface area contributed by atoms with Crippen molar-refractivity contribution in [3.63, 3.8) is 0 Å². The molecule has 0 spiro atoms. The van der Waals surface area contributed by atoms with Crippen LogP contribution >= 0.6 is 22.9 Å². The first-order chi connectivity index (χ1) is 7.48. The Kier molecular flexibility index (Phi) is 3.02. The highest BCUT2D eigenvalue weighted by Crippen LogP contribution is 2.31. The minimum absolute atomic E-state index is 0.399. The van der Waals surface area contributed by atoms with Gasteiger partial charge in [0.1, 0.15) is 5.01 Å². The summed E-state index contributed by atoms with van der Waals surface area (Å²) >= 11 is 7.68. The molecule has 16 heavy (non-hydrogen) atoms. The summed E-state index contributed by atoms with van der Waals surface area (Å²) in [6.45, 7) is 3.89. The summed E-state index contributed by atoms with van der Waals surface area (Å²) in [5.41, 5.74) is 7.45. The van der Waals surface area contributed by atoms with E-state index in [1.807, 2.05) is 43.5 Å². The van der Waals surface area contributed by atoms with Crippen molar-refractivity contribution in [2.45, 2.75) is 19.4 Å². The zero-order valence-corrected chi connectivity index (χ0v) is 10.8. The summed E-state index contributed by atoms with van der Waals surface area (Å²) in [5, 5.41) is 3.63. The molecule has 2 nitrogen and oxygen atoms in total. The molecular formula is C12H13ClN2S. The number of rotatable bonds is 2. The second-order valence-electron chi connectivity index (χ2n) is 4.24. The van der Waals surface area contributed by atoms with E-state index in [1.165, 1.54) is 0 Å². The standard InChI is InChI=1S/C12H13ClN2S/c1-12(2,14)11-15-10(7-16-11)8-5-3-4-6-9(8)13/h3-7H,14H2,1-2H3. The molecule has 0 radical (unpaired) electrons. The van der Waals surface area contributed by atoms with E-state index in [1.54, 1.807) is 11.3 Å². The SMILES string of the molecule is CC(C)(N)c1nc(-c2ccccc2Cl)cs1. The Hall–Kier alpha value is -0.900. The molecule has 2 N–H and O–H groups in total. The van der Waals surface area contributed by atoms with Crippen LogP contribution in [0.2, 0.25) is 5.02 Å². The highest BCUT2D eigenvalue weighted by atomic mass is 35.5. The fraction of sp³-hybridized carbons (Fsp3) is 0.250. The molecule has 0 aliphatic carbocycles. The van der Waals surface area contributed by atoms with Gasteiger partial charge in [0.15, 0.2) is 0 Å². The maximum atomic E-state index is 6.12. The third kappa shape index (κ3) is 2.26. The fourth-order valence-corrected chi connectivity index (χ4v) is 2.45. The second kappa shape index (κ2) is 4.17. The molecular weight excluding hydrogens is 240 g/mol. The zero-order chi connectivity index (χ0) is 11.8. The van der Waals surface area contributed by atoms with Crippen LogP contribution in [0, 0.1) is 0 Å². The van der Waals surface area contributed by atoms with Crippen molar-refractivity contribution in [1.29, 1.82) is 0 Å². The molecule has 0 saturated carbocycles. The predicted octanol–water partition coefficient (Wildman–Crippen LogP) is 3.66. The molecule has 1 heterocycles. The van der Waals surface area contributed by atoms with Gasteiger partial charge in [-0.2, -0.15) is 0 Å². The molecule has 2 rings (SSSR count). The number of aromatic nitrogens is 1. The summed E-state index contributed by atoms with van der Waals surface area (Å²) < 4.78 is 0. The molecule has 4 heteroatoms. The molecule has 0 saturated heterocycles. The van der Waals surface area contributed by atoms with Crippen LogP contribution in [-0.2, 0) is 5.54 Å². The van der Waals surface area contributed by atoms with Gasteiger partial charge < -0.3 is 5.73 Å². The van der Waals surface area contributed by atoms with Crippen molar-refractivity contribution >= 4 is 22.9 Å². The Morgan fingerprint density at radius 2 is 2.00 bits per heavy atom. The molecule has 0 fully saturated rings. The molecule has 84 valence electrons. The summed E-state index contributed by atoms with van der Waals surface area (Å²) in [6.07, 6.45) is 0. The van der Waals surface area contributed by atoms with Crippen LogP contribution in [0.15, 0.2) is 29.6 Å². The quantitative estimate of drug-likeness (QED) is 0.886. The number of hydrogen-bond donors (Lipinski definition) is 1. The van der Waals surface area contributed by atoms with E-state index in [0.717, 1.165) is 16.3 Å². The van der Waals surface area contributed by atoms with Gasteiger partial charge in [0, 0.05) is 16.0 Å². The minimum Gasteiger partial charge on any atom is -0.320 e. The topological polar surface area (TPSA) is 38.9 Å². The second-order valence-corrected chi connectivity index (χ2v) is 5.50. The third-order valence-electron chi connectivity index (χ3n) is 2.21. The molecule has 2 aromatic rings. The van der Waals surface area contributed by atoms with Crippen LogP contribution in [0.25, 0.3) is 11.3 Å². The lowest BCUT2D eigenvalue weighted by molar-refractivity contribution is 0.551.